The molecule has 2 fully saturated rings. The Hall–Kier alpha value is -1.06. The Balaban J connectivity index is 0.00000176. The Morgan fingerprint density at radius 3 is 2.55 bits per heavy atom. The third-order valence-electron chi connectivity index (χ3n) is 5.33. The molecule has 2 saturated heterocycles. The van der Waals surface area contributed by atoms with Crippen LogP contribution in [0.5, 0.6) is 0 Å². The molecule has 3 nitrogen and oxygen atoms in total. The average molecular weight is 323 g/mol. The van der Waals surface area contributed by atoms with Crippen molar-refractivity contribution in [3.8, 4) is 0 Å². The zero-order valence-electron chi connectivity index (χ0n) is 13.6. The van der Waals surface area contributed by atoms with Gasteiger partial charge in [0.05, 0.1) is 0 Å². The number of nitrogens with one attached hydrogen (secondary N) is 1. The molecule has 0 radical (unpaired) electrons. The number of carbonyl (C=O) groups is 1. The molecule has 2 heterocycles. The van der Waals surface area contributed by atoms with Gasteiger partial charge in [-0.3, -0.25) is 4.79 Å². The van der Waals surface area contributed by atoms with E-state index in [0.717, 1.165) is 43.0 Å². The highest BCUT2D eigenvalue weighted by molar-refractivity contribution is 5.96. The Labute approximate surface area is 139 Å². The smallest absolute Gasteiger partial charge is 0.254 e. The fourth-order valence-corrected chi connectivity index (χ4v) is 3.77. The van der Waals surface area contributed by atoms with Crippen LogP contribution in [0.1, 0.15) is 47.2 Å². The third kappa shape index (κ3) is 3.47. The minimum Gasteiger partial charge on any atom is -0.339 e. The van der Waals surface area contributed by atoms with E-state index in [1.165, 1.54) is 24.9 Å². The maximum atomic E-state index is 12.7. The van der Waals surface area contributed by atoms with Crippen LogP contribution in [0.15, 0.2) is 18.2 Å². The topological polar surface area (TPSA) is 32.3 Å². The van der Waals surface area contributed by atoms with Crippen molar-refractivity contribution in [2.75, 3.05) is 19.6 Å². The van der Waals surface area contributed by atoms with Crippen LogP contribution in [-0.4, -0.2) is 36.5 Å². The standard InChI is InChI=1S/C18H26N2O.ClH/c1-13-5-3-6-16(14(13)2)18(21)20-11-8-15(9-12-20)17-7-4-10-19-17;/h3,5-6,15,17,19H,4,7-12H2,1-2H3;1H. The van der Waals surface area contributed by atoms with Crippen molar-refractivity contribution >= 4 is 18.3 Å². The van der Waals surface area contributed by atoms with Crippen LogP contribution in [0, 0.1) is 19.8 Å². The Kier molecular flexibility index (Phi) is 5.87. The van der Waals surface area contributed by atoms with Gasteiger partial charge in [-0.25, -0.2) is 0 Å². The second-order valence-corrected chi connectivity index (χ2v) is 6.58. The van der Waals surface area contributed by atoms with Gasteiger partial charge in [-0.1, -0.05) is 12.1 Å². The number of rotatable bonds is 2. The number of benzene rings is 1. The predicted octanol–water partition coefficient (Wildman–Crippen LogP) is 3.33. The molecule has 0 aliphatic carbocycles. The van der Waals surface area contributed by atoms with Crippen molar-refractivity contribution in [1.29, 1.82) is 0 Å². The largest absolute Gasteiger partial charge is 0.339 e. The Morgan fingerprint density at radius 1 is 1.18 bits per heavy atom. The quantitative estimate of drug-likeness (QED) is 0.905. The van der Waals surface area contributed by atoms with Gasteiger partial charge in [0.1, 0.15) is 0 Å². The maximum absolute atomic E-state index is 12.7. The van der Waals surface area contributed by atoms with Gasteiger partial charge < -0.3 is 10.2 Å². The number of nitrogens with zero attached hydrogens (tertiary/aromatic N) is 1. The summed E-state index contributed by atoms with van der Waals surface area (Å²) >= 11 is 0. The molecular weight excluding hydrogens is 296 g/mol. The lowest BCUT2D eigenvalue weighted by atomic mass is 9.88. The number of likely N-dealkylation sites (tertiary alicyclic amines) is 1. The van der Waals surface area contributed by atoms with Gasteiger partial charge in [0.15, 0.2) is 0 Å². The lowest BCUT2D eigenvalue weighted by Crippen LogP contribution is -2.43. The third-order valence-corrected chi connectivity index (χ3v) is 5.33. The highest BCUT2D eigenvalue weighted by Crippen LogP contribution is 2.27. The highest BCUT2D eigenvalue weighted by atomic mass is 35.5. The van der Waals surface area contributed by atoms with Crippen molar-refractivity contribution < 1.29 is 4.79 Å². The molecule has 1 unspecified atom stereocenters. The van der Waals surface area contributed by atoms with Crippen molar-refractivity contribution in [2.45, 2.75) is 45.6 Å². The van der Waals surface area contributed by atoms with E-state index in [1.807, 2.05) is 17.0 Å². The van der Waals surface area contributed by atoms with Crippen molar-refractivity contribution in [3.63, 3.8) is 0 Å². The van der Waals surface area contributed by atoms with Crippen LogP contribution in [0.3, 0.4) is 0 Å². The molecule has 1 atom stereocenters. The minimum absolute atomic E-state index is 0. The molecule has 22 heavy (non-hydrogen) atoms. The molecule has 2 aliphatic heterocycles. The first-order chi connectivity index (χ1) is 10.2. The summed E-state index contributed by atoms with van der Waals surface area (Å²) in [5.41, 5.74) is 3.21. The van der Waals surface area contributed by atoms with E-state index in [1.54, 1.807) is 0 Å². The summed E-state index contributed by atoms with van der Waals surface area (Å²) < 4.78 is 0. The van der Waals surface area contributed by atoms with E-state index in [-0.39, 0.29) is 18.3 Å². The molecule has 0 saturated carbocycles. The molecule has 1 amide bonds. The lowest BCUT2D eigenvalue weighted by molar-refractivity contribution is 0.0673. The molecule has 1 N–H and O–H groups in total. The number of aryl methyl sites for hydroxylation is 1. The van der Waals surface area contributed by atoms with Crippen LogP contribution in [0.25, 0.3) is 0 Å². The van der Waals surface area contributed by atoms with Gasteiger partial charge in [0.2, 0.25) is 0 Å². The van der Waals surface area contributed by atoms with Crippen LogP contribution in [0.4, 0.5) is 0 Å². The normalized spacial score (nSPS) is 22.5. The van der Waals surface area contributed by atoms with Gasteiger partial charge in [0, 0.05) is 24.7 Å². The summed E-state index contributed by atoms with van der Waals surface area (Å²) in [4.78, 5) is 14.8. The van der Waals surface area contributed by atoms with E-state index in [4.69, 9.17) is 0 Å². The zero-order chi connectivity index (χ0) is 14.8. The summed E-state index contributed by atoms with van der Waals surface area (Å²) in [7, 11) is 0. The molecule has 2 aliphatic rings. The lowest BCUT2D eigenvalue weighted by Gasteiger charge is -2.35. The first-order valence-electron chi connectivity index (χ1n) is 8.25. The average Bonchev–Trinajstić information content (AvgIpc) is 3.04. The van der Waals surface area contributed by atoms with E-state index in [2.05, 4.69) is 25.2 Å². The summed E-state index contributed by atoms with van der Waals surface area (Å²) in [5, 5.41) is 3.62. The molecule has 0 aromatic heterocycles. The van der Waals surface area contributed by atoms with E-state index in [0.29, 0.717) is 6.04 Å². The predicted molar refractivity (Wildman–Crippen MR) is 92.8 cm³/mol. The second-order valence-electron chi connectivity index (χ2n) is 6.58. The fraction of sp³-hybridized carbons (Fsp3) is 0.611. The van der Waals surface area contributed by atoms with Crippen LogP contribution < -0.4 is 5.32 Å². The minimum atomic E-state index is 0. The molecule has 0 spiro atoms. The molecule has 0 bridgehead atoms. The summed E-state index contributed by atoms with van der Waals surface area (Å²) in [6.07, 6.45) is 4.92. The van der Waals surface area contributed by atoms with Gasteiger partial charge in [-0.2, -0.15) is 0 Å². The van der Waals surface area contributed by atoms with Crippen LogP contribution in [-0.2, 0) is 0 Å². The first kappa shape index (κ1) is 17.3. The Bertz CT molecular complexity index is 518. The number of halogens is 1. The van der Waals surface area contributed by atoms with Crippen molar-refractivity contribution in [3.05, 3.63) is 34.9 Å². The van der Waals surface area contributed by atoms with E-state index >= 15 is 0 Å². The first-order valence-corrected chi connectivity index (χ1v) is 8.25. The SMILES string of the molecule is Cc1cccc(C(=O)N2CCC(C3CCCN3)CC2)c1C.Cl. The molecule has 3 rings (SSSR count). The van der Waals surface area contributed by atoms with Gasteiger partial charge in [-0.15, -0.1) is 12.4 Å². The van der Waals surface area contributed by atoms with Crippen LogP contribution in [0.2, 0.25) is 0 Å². The molecule has 1 aromatic rings. The van der Waals surface area contributed by atoms with Crippen molar-refractivity contribution in [2.24, 2.45) is 5.92 Å². The summed E-state index contributed by atoms with van der Waals surface area (Å²) in [6.45, 7) is 7.12. The molecular formula is C18H27ClN2O. The summed E-state index contributed by atoms with van der Waals surface area (Å²) in [5.74, 6) is 0.976. The van der Waals surface area contributed by atoms with E-state index in [9.17, 15) is 4.79 Å². The van der Waals surface area contributed by atoms with Gasteiger partial charge >= 0.3 is 0 Å². The molecule has 4 heteroatoms. The van der Waals surface area contributed by atoms with Gasteiger partial charge in [0.25, 0.3) is 5.91 Å². The summed E-state index contributed by atoms with van der Waals surface area (Å²) in [6, 6.07) is 6.73. The number of carbonyl (C=O) groups excluding carboxylic acids is 1. The maximum Gasteiger partial charge on any atom is 0.254 e. The highest BCUT2D eigenvalue weighted by Gasteiger charge is 2.30. The monoisotopic (exact) mass is 322 g/mol. The Morgan fingerprint density at radius 2 is 1.91 bits per heavy atom. The second kappa shape index (κ2) is 7.47. The van der Waals surface area contributed by atoms with Crippen molar-refractivity contribution in [1.82, 2.24) is 10.2 Å². The number of amides is 1. The van der Waals surface area contributed by atoms with Gasteiger partial charge in [-0.05, 0) is 69.2 Å². The number of hydrogen-bond donors (Lipinski definition) is 1. The number of piperidine rings is 1. The molecule has 1 aromatic carbocycles. The van der Waals surface area contributed by atoms with E-state index < -0.39 is 0 Å². The zero-order valence-corrected chi connectivity index (χ0v) is 14.4. The fourth-order valence-electron chi connectivity index (χ4n) is 3.77. The van der Waals surface area contributed by atoms with Crippen LogP contribution >= 0.6 is 12.4 Å². The number of hydrogen-bond acceptors (Lipinski definition) is 2. The molecule has 122 valence electrons.